The highest BCUT2D eigenvalue weighted by molar-refractivity contribution is 6.13. The molecule has 0 spiro atoms. The molecule has 46 heavy (non-hydrogen) atoms. The third-order valence-corrected chi connectivity index (χ3v) is 8.91. The van der Waals surface area contributed by atoms with Crippen LogP contribution in [0.15, 0.2) is 160 Å². The lowest BCUT2D eigenvalue weighted by Crippen LogP contribution is -1.90. The third-order valence-electron chi connectivity index (χ3n) is 8.91. The third kappa shape index (κ3) is 4.20. The first kappa shape index (κ1) is 26.1. The minimum atomic E-state index is 0.632. The number of nitrogens with zero attached hydrogens (tertiary/aromatic N) is 1. The van der Waals surface area contributed by atoms with Crippen molar-refractivity contribution in [2.45, 2.75) is 0 Å². The van der Waals surface area contributed by atoms with Crippen molar-refractivity contribution in [2.75, 3.05) is 0 Å². The molecule has 0 N–H and O–H groups in total. The summed E-state index contributed by atoms with van der Waals surface area (Å²) >= 11 is 0. The van der Waals surface area contributed by atoms with Crippen LogP contribution in [0.3, 0.4) is 0 Å². The van der Waals surface area contributed by atoms with Crippen molar-refractivity contribution in [3.05, 3.63) is 157 Å². The minimum absolute atomic E-state index is 0.632. The quantitative estimate of drug-likeness (QED) is 0.206. The Labute approximate surface area is 265 Å². The van der Waals surface area contributed by atoms with Crippen LogP contribution in [-0.4, -0.2) is 0 Å². The summed E-state index contributed by atoms with van der Waals surface area (Å²) in [4.78, 5) is 0. The number of benzene rings is 7. The molecule has 0 radical (unpaired) electrons. The maximum absolute atomic E-state index is 10.4. The second-order valence-electron chi connectivity index (χ2n) is 11.6. The molecule has 0 saturated heterocycles. The van der Waals surface area contributed by atoms with Crippen LogP contribution in [0.2, 0.25) is 0 Å². The van der Waals surface area contributed by atoms with Crippen LogP contribution in [0.25, 0.3) is 88.4 Å². The number of rotatable bonds is 4. The Hall–Kier alpha value is -6.37. The van der Waals surface area contributed by atoms with Crippen LogP contribution in [0.1, 0.15) is 5.56 Å². The second-order valence-corrected chi connectivity index (χ2v) is 11.6. The zero-order valence-corrected chi connectivity index (χ0v) is 24.7. The Morgan fingerprint density at radius 3 is 1.80 bits per heavy atom. The van der Waals surface area contributed by atoms with E-state index in [0.717, 1.165) is 88.4 Å². The van der Waals surface area contributed by atoms with E-state index in [1.807, 2.05) is 72.8 Å². The summed E-state index contributed by atoms with van der Waals surface area (Å²) in [5.74, 6) is 0. The first-order chi connectivity index (χ1) is 22.7. The molecule has 0 aliphatic heterocycles. The van der Waals surface area contributed by atoms with E-state index in [-0.39, 0.29) is 0 Å². The minimum Gasteiger partial charge on any atom is -0.456 e. The van der Waals surface area contributed by atoms with Crippen LogP contribution in [0.4, 0.5) is 0 Å². The Morgan fingerprint density at radius 1 is 0.370 bits per heavy atom. The number of nitriles is 1. The van der Waals surface area contributed by atoms with Gasteiger partial charge in [0, 0.05) is 21.5 Å². The first-order valence-corrected chi connectivity index (χ1v) is 15.3. The van der Waals surface area contributed by atoms with Crippen molar-refractivity contribution in [3.63, 3.8) is 0 Å². The van der Waals surface area contributed by atoms with Crippen molar-refractivity contribution in [1.29, 1.82) is 5.26 Å². The van der Waals surface area contributed by atoms with Crippen LogP contribution >= 0.6 is 0 Å². The summed E-state index contributed by atoms with van der Waals surface area (Å²) in [6, 6.07) is 54.4. The number of para-hydroxylation sites is 2. The highest BCUT2D eigenvalue weighted by atomic mass is 16.3. The molecule has 2 aromatic heterocycles. The van der Waals surface area contributed by atoms with Gasteiger partial charge in [0.1, 0.15) is 22.3 Å². The van der Waals surface area contributed by atoms with E-state index in [1.165, 1.54) is 0 Å². The maximum Gasteiger partial charge on any atom is 0.136 e. The van der Waals surface area contributed by atoms with Gasteiger partial charge in [0.25, 0.3) is 0 Å². The molecule has 0 bridgehead atoms. The van der Waals surface area contributed by atoms with Crippen molar-refractivity contribution in [1.82, 2.24) is 0 Å². The Bertz CT molecular complexity index is 2650. The van der Waals surface area contributed by atoms with Gasteiger partial charge in [0.15, 0.2) is 0 Å². The van der Waals surface area contributed by atoms with E-state index in [4.69, 9.17) is 8.83 Å². The standard InChI is InChI=1S/C43H25NO2/c44-26-33-21-28(27-9-2-1-3-10-27)17-19-34(33)31-22-30(29-18-20-41-38(25-29)36-11-4-6-14-39(36)45-41)23-32(24-31)35-13-8-16-42-43(35)37-12-5-7-15-40(37)46-42/h1-25H. The molecule has 0 amide bonds. The lowest BCUT2D eigenvalue weighted by Gasteiger charge is -2.14. The van der Waals surface area contributed by atoms with E-state index >= 15 is 0 Å². The Kier molecular flexibility index (Phi) is 5.88. The molecule has 7 aromatic carbocycles. The average Bonchev–Trinajstić information content (AvgIpc) is 3.69. The molecule has 3 nitrogen and oxygen atoms in total. The number of hydrogen-bond acceptors (Lipinski definition) is 3. The average molecular weight is 588 g/mol. The molecule has 0 unspecified atom stereocenters. The lowest BCUT2D eigenvalue weighted by molar-refractivity contribution is 0.668. The van der Waals surface area contributed by atoms with Gasteiger partial charge < -0.3 is 8.83 Å². The summed E-state index contributed by atoms with van der Waals surface area (Å²) in [6.07, 6.45) is 0. The molecule has 0 atom stereocenters. The van der Waals surface area contributed by atoms with Gasteiger partial charge in [-0.1, -0.05) is 97.1 Å². The van der Waals surface area contributed by atoms with E-state index in [1.54, 1.807) is 0 Å². The number of fused-ring (bicyclic) bond motifs is 6. The maximum atomic E-state index is 10.4. The fraction of sp³-hybridized carbons (Fsp3) is 0. The molecule has 0 aliphatic carbocycles. The van der Waals surface area contributed by atoms with Crippen molar-refractivity contribution < 1.29 is 8.83 Å². The molecule has 9 rings (SSSR count). The Balaban J connectivity index is 1.30. The normalized spacial score (nSPS) is 11.5. The van der Waals surface area contributed by atoms with Gasteiger partial charge in [-0.3, -0.25) is 0 Å². The summed E-state index contributed by atoms with van der Waals surface area (Å²) < 4.78 is 12.4. The van der Waals surface area contributed by atoms with E-state index in [9.17, 15) is 5.26 Å². The van der Waals surface area contributed by atoms with Gasteiger partial charge in [0.05, 0.1) is 11.6 Å². The predicted octanol–water partition coefficient (Wildman–Crippen LogP) is 12.0. The number of hydrogen-bond donors (Lipinski definition) is 0. The van der Waals surface area contributed by atoms with Gasteiger partial charge in [-0.25, -0.2) is 0 Å². The van der Waals surface area contributed by atoms with Gasteiger partial charge in [-0.15, -0.1) is 0 Å². The zero-order chi connectivity index (χ0) is 30.6. The van der Waals surface area contributed by atoms with Gasteiger partial charge >= 0.3 is 0 Å². The molecule has 0 fully saturated rings. The molecular formula is C43H25NO2. The van der Waals surface area contributed by atoms with Crippen LogP contribution < -0.4 is 0 Å². The largest absolute Gasteiger partial charge is 0.456 e. The molecule has 9 aromatic rings. The monoisotopic (exact) mass is 587 g/mol. The summed E-state index contributed by atoms with van der Waals surface area (Å²) in [5.41, 5.74) is 12.3. The van der Waals surface area contributed by atoms with Crippen LogP contribution in [0, 0.1) is 11.3 Å². The SMILES string of the molecule is N#Cc1cc(-c2ccccc2)ccc1-c1cc(-c2ccc3oc4ccccc4c3c2)cc(-c2cccc3oc4ccccc4c23)c1. The molecular weight excluding hydrogens is 562 g/mol. The molecule has 214 valence electrons. The van der Waals surface area contributed by atoms with Gasteiger partial charge in [-0.05, 0) is 99.1 Å². The topological polar surface area (TPSA) is 50.1 Å². The smallest absolute Gasteiger partial charge is 0.136 e. The molecule has 0 aliphatic rings. The van der Waals surface area contributed by atoms with Crippen LogP contribution in [0.5, 0.6) is 0 Å². The lowest BCUT2D eigenvalue weighted by atomic mass is 9.89. The second kappa shape index (κ2) is 10.4. The summed E-state index contributed by atoms with van der Waals surface area (Å²) in [6.45, 7) is 0. The first-order valence-electron chi connectivity index (χ1n) is 15.3. The fourth-order valence-electron chi connectivity index (χ4n) is 6.72. The highest BCUT2D eigenvalue weighted by Crippen LogP contribution is 2.41. The summed E-state index contributed by atoms with van der Waals surface area (Å²) in [5, 5.41) is 14.7. The predicted molar refractivity (Wildman–Crippen MR) is 187 cm³/mol. The highest BCUT2D eigenvalue weighted by Gasteiger charge is 2.17. The fourth-order valence-corrected chi connectivity index (χ4v) is 6.72. The number of furan rings is 2. The van der Waals surface area contributed by atoms with Gasteiger partial charge in [0.2, 0.25) is 0 Å². The summed E-state index contributed by atoms with van der Waals surface area (Å²) in [7, 11) is 0. The van der Waals surface area contributed by atoms with E-state index in [2.05, 4.69) is 84.9 Å². The van der Waals surface area contributed by atoms with E-state index < -0.39 is 0 Å². The van der Waals surface area contributed by atoms with E-state index in [0.29, 0.717) is 5.56 Å². The van der Waals surface area contributed by atoms with Gasteiger partial charge in [-0.2, -0.15) is 5.26 Å². The van der Waals surface area contributed by atoms with Crippen molar-refractivity contribution in [3.8, 4) is 50.6 Å². The zero-order valence-electron chi connectivity index (χ0n) is 24.7. The van der Waals surface area contributed by atoms with Crippen molar-refractivity contribution in [2.24, 2.45) is 0 Å². The van der Waals surface area contributed by atoms with Crippen LogP contribution in [-0.2, 0) is 0 Å². The molecule has 0 saturated carbocycles. The molecule has 3 heteroatoms. The Morgan fingerprint density at radius 2 is 0.978 bits per heavy atom. The van der Waals surface area contributed by atoms with Crippen molar-refractivity contribution >= 4 is 43.9 Å². The molecule has 2 heterocycles.